The van der Waals surface area contributed by atoms with Crippen LogP contribution in [0.25, 0.3) is 5.69 Å². The van der Waals surface area contributed by atoms with Crippen molar-refractivity contribution in [1.29, 1.82) is 0 Å². The standard InChI is InChI=1S/C20H18N4O/c1-2-4-17(5-3-1)14-25-20-8-6-19(7-9-20)24-13-18(22-16-24)12-23-11-10-21-15-23/h1-11,13,15-16H,12,14H2. The Balaban J connectivity index is 1.41. The van der Waals surface area contributed by atoms with Gasteiger partial charge >= 0.3 is 0 Å². The van der Waals surface area contributed by atoms with Gasteiger partial charge in [0, 0.05) is 24.3 Å². The number of ether oxygens (including phenoxy) is 1. The van der Waals surface area contributed by atoms with Crippen LogP contribution in [0.4, 0.5) is 0 Å². The van der Waals surface area contributed by atoms with Gasteiger partial charge in [-0.3, -0.25) is 0 Å². The Hall–Kier alpha value is -3.34. The van der Waals surface area contributed by atoms with Crippen LogP contribution in [0.2, 0.25) is 0 Å². The maximum absolute atomic E-state index is 5.82. The third-order valence-corrected chi connectivity index (χ3v) is 3.92. The van der Waals surface area contributed by atoms with Gasteiger partial charge in [-0.25, -0.2) is 9.97 Å². The van der Waals surface area contributed by atoms with Crippen molar-refractivity contribution in [2.45, 2.75) is 13.2 Å². The van der Waals surface area contributed by atoms with E-state index in [1.165, 1.54) is 0 Å². The number of imidazole rings is 2. The van der Waals surface area contributed by atoms with Gasteiger partial charge in [-0.2, -0.15) is 0 Å². The molecule has 0 bridgehead atoms. The number of rotatable bonds is 6. The Bertz CT molecular complexity index is 912. The highest BCUT2D eigenvalue weighted by molar-refractivity contribution is 5.37. The Labute approximate surface area is 146 Å². The summed E-state index contributed by atoms with van der Waals surface area (Å²) in [5, 5.41) is 0. The molecule has 0 unspecified atom stereocenters. The van der Waals surface area contributed by atoms with Crippen LogP contribution in [0.5, 0.6) is 5.75 Å². The quantitative estimate of drug-likeness (QED) is 0.541. The van der Waals surface area contributed by atoms with E-state index in [1.807, 2.05) is 70.3 Å². The first-order valence-corrected chi connectivity index (χ1v) is 8.12. The minimum absolute atomic E-state index is 0.570. The fourth-order valence-corrected chi connectivity index (χ4v) is 2.61. The number of aromatic nitrogens is 4. The predicted molar refractivity (Wildman–Crippen MR) is 95.7 cm³/mol. The van der Waals surface area contributed by atoms with Crippen LogP contribution in [0, 0.1) is 0 Å². The fraction of sp³-hybridized carbons (Fsp3) is 0.100. The second kappa shape index (κ2) is 7.05. The van der Waals surface area contributed by atoms with E-state index in [0.717, 1.165) is 22.7 Å². The van der Waals surface area contributed by atoms with E-state index >= 15 is 0 Å². The van der Waals surface area contributed by atoms with E-state index in [1.54, 1.807) is 12.5 Å². The number of hydrogen-bond donors (Lipinski definition) is 0. The minimum Gasteiger partial charge on any atom is -0.489 e. The average molecular weight is 330 g/mol. The molecule has 0 spiro atoms. The van der Waals surface area contributed by atoms with Crippen molar-refractivity contribution in [3.05, 3.63) is 97.1 Å². The Kier molecular flexibility index (Phi) is 4.29. The first-order chi connectivity index (χ1) is 12.4. The molecule has 2 aromatic carbocycles. The molecule has 0 saturated carbocycles. The Morgan fingerprint density at radius 1 is 0.920 bits per heavy atom. The smallest absolute Gasteiger partial charge is 0.119 e. The van der Waals surface area contributed by atoms with E-state index < -0.39 is 0 Å². The summed E-state index contributed by atoms with van der Waals surface area (Å²) in [5.41, 5.74) is 3.20. The van der Waals surface area contributed by atoms with Crippen molar-refractivity contribution in [2.24, 2.45) is 0 Å². The van der Waals surface area contributed by atoms with Crippen LogP contribution in [0.1, 0.15) is 11.3 Å². The van der Waals surface area contributed by atoms with E-state index in [4.69, 9.17) is 4.74 Å². The molecule has 5 nitrogen and oxygen atoms in total. The van der Waals surface area contributed by atoms with Crippen molar-refractivity contribution >= 4 is 0 Å². The molecule has 0 saturated heterocycles. The van der Waals surface area contributed by atoms with E-state index in [9.17, 15) is 0 Å². The van der Waals surface area contributed by atoms with Gasteiger partial charge in [-0.15, -0.1) is 0 Å². The number of hydrogen-bond acceptors (Lipinski definition) is 3. The molecule has 0 N–H and O–H groups in total. The molecule has 0 radical (unpaired) electrons. The summed E-state index contributed by atoms with van der Waals surface area (Å²) >= 11 is 0. The molecule has 5 heteroatoms. The van der Waals surface area contributed by atoms with Crippen molar-refractivity contribution in [1.82, 2.24) is 19.1 Å². The van der Waals surface area contributed by atoms with Gasteiger partial charge in [0.2, 0.25) is 0 Å². The molecule has 0 atom stereocenters. The highest BCUT2D eigenvalue weighted by Gasteiger charge is 2.03. The normalized spacial score (nSPS) is 10.7. The summed E-state index contributed by atoms with van der Waals surface area (Å²) in [7, 11) is 0. The van der Waals surface area contributed by atoms with Gasteiger partial charge in [0.15, 0.2) is 0 Å². The van der Waals surface area contributed by atoms with Crippen LogP contribution in [0.3, 0.4) is 0 Å². The van der Waals surface area contributed by atoms with Crippen LogP contribution in [-0.2, 0) is 13.2 Å². The maximum Gasteiger partial charge on any atom is 0.119 e. The van der Waals surface area contributed by atoms with E-state index in [2.05, 4.69) is 22.1 Å². The molecule has 4 rings (SSSR count). The zero-order valence-electron chi connectivity index (χ0n) is 13.7. The number of benzene rings is 2. The fourth-order valence-electron chi connectivity index (χ4n) is 2.61. The van der Waals surface area contributed by atoms with Crippen molar-refractivity contribution in [3.63, 3.8) is 0 Å². The summed E-state index contributed by atoms with van der Waals surface area (Å²) in [6.07, 6.45) is 9.34. The number of nitrogens with zero attached hydrogens (tertiary/aromatic N) is 4. The van der Waals surface area contributed by atoms with Crippen molar-refractivity contribution < 1.29 is 4.74 Å². The Morgan fingerprint density at radius 2 is 1.76 bits per heavy atom. The van der Waals surface area contributed by atoms with Gasteiger partial charge in [-0.05, 0) is 29.8 Å². The molecular weight excluding hydrogens is 312 g/mol. The topological polar surface area (TPSA) is 44.9 Å². The largest absolute Gasteiger partial charge is 0.489 e. The summed E-state index contributed by atoms with van der Waals surface area (Å²) < 4.78 is 9.82. The SMILES string of the molecule is c1ccc(COc2ccc(-n3cnc(Cn4ccnc4)c3)cc2)cc1. The molecule has 0 aliphatic heterocycles. The lowest BCUT2D eigenvalue weighted by atomic mass is 10.2. The highest BCUT2D eigenvalue weighted by atomic mass is 16.5. The van der Waals surface area contributed by atoms with Gasteiger partial charge in [0.05, 0.1) is 24.9 Å². The molecule has 0 aliphatic carbocycles. The third kappa shape index (κ3) is 3.77. The summed E-state index contributed by atoms with van der Waals surface area (Å²) in [6, 6.07) is 18.2. The highest BCUT2D eigenvalue weighted by Crippen LogP contribution is 2.17. The van der Waals surface area contributed by atoms with Crippen LogP contribution < -0.4 is 4.74 Å². The molecular formula is C20H18N4O. The van der Waals surface area contributed by atoms with Gasteiger partial charge in [-0.1, -0.05) is 30.3 Å². The van der Waals surface area contributed by atoms with E-state index in [-0.39, 0.29) is 0 Å². The third-order valence-electron chi connectivity index (χ3n) is 3.92. The van der Waals surface area contributed by atoms with Crippen LogP contribution in [-0.4, -0.2) is 19.1 Å². The average Bonchev–Trinajstić information content (AvgIpc) is 3.34. The van der Waals surface area contributed by atoms with Crippen LogP contribution >= 0.6 is 0 Å². The molecule has 0 aliphatic rings. The van der Waals surface area contributed by atoms with Gasteiger partial charge in [0.25, 0.3) is 0 Å². The molecule has 25 heavy (non-hydrogen) atoms. The second-order valence-electron chi connectivity index (χ2n) is 5.78. The lowest BCUT2D eigenvalue weighted by Gasteiger charge is -2.07. The summed E-state index contributed by atoms with van der Waals surface area (Å²) in [6.45, 7) is 1.28. The van der Waals surface area contributed by atoms with Gasteiger partial charge < -0.3 is 13.9 Å². The van der Waals surface area contributed by atoms with E-state index in [0.29, 0.717) is 13.2 Å². The van der Waals surface area contributed by atoms with Crippen molar-refractivity contribution in [2.75, 3.05) is 0 Å². The van der Waals surface area contributed by atoms with Crippen LogP contribution in [0.15, 0.2) is 85.8 Å². The second-order valence-corrected chi connectivity index (χ2v) is 5.78. The molecule has 2 aromatic heterocycles. The maximum atomic E-state index is 5.82. The monoisotopic (exact) mass is 330 g/mol. The molecule has 4 aromatic rings. The predicted octanol–water partition coefficient (Wildman–Crippen LogP) is 3.70. The molecule has 2 heterocycles. The lowest BCUT2D eigenvalue weighted by molar-refractivity contribution is 0.306. The first kappa shape index (κ1) is 15.2. The summed E-state index contributed by atoms with van der Waals surface area (Å²) in [5.74, 6) is 0.853. The minimum atomic E-state index is 0.570. The Morgan fingerprint density at radius 3 is 2.52 bits per heavy atom. The zero-order chi connectivity index (χ0) is 16.9. The summed E-state index contributed by atoms with van der Waals surface area (Å²) in [4.78, 5) is 8.50. The van der Waals surface area contributed by atoms with Gasteiger partial charge in [0.1, 0.15) is 12.4 Å². The van der Waals surface area contributed by atoms with Crippen molar-refractivity contribution in [3.8, 4) is 11.4 Å². The lowest BCUT2D eigenvalue weighted by Crippen LogP contribution is -1.97. The molecule has 0 fully saturated rings. The first-order valence-electron chi connectivity index (χ1n) is 8.12. The molecule has 124 valence electrons. The molecule has 0 amide bonds. The zero-order valence-corrected chi connectivity index (χ0v) is 13.7.